The summed E-state index contributed by atoms with van der Waals surface area (Å²) in [5.41, 5.74) is 0.0359. The third-order valence-electron chi connectivity index (χ3n) is 3.42. The van der Waals surface area contributed by atoms with Gasteiger partial charge in [0.25, 0.3) is 0 Å². The van der Waals surface area contributed by atoms with Crippen LogP contribution in [-0.4, -0.2) is 29.8 Å². The second-order valence-electron chi connectivity index (χ2n) is 4.14. The molecular weight excluding hydrogens is 138 g/mol. The third kappa shape index (κ3) is 0.853. The Balaban J connectivity index is 2.30. The minimum absolute atomic E-state index is 0.0359. The van der Waals surface area contributed by atoms with Gasteiger partial charge in [0.05, 0.1) is 6.04 Å². The van der Waals surface area contributed by atoms with Gasteiger partial charge in [0, 0.05) is 5.41 Å². The van der Waals surface area contributed by atoms with E-state index in [1.54, 1.807) is 0 Å². The van der Waals surface area contributed by atoms with Crippen LogP contribution in [0.2, 0.25) is 0 Å². The van der Waals surface area contributed by atoms with Crippen LogP contribution in [0.5, 0.6) is 0 Å². The minimum atomic E-state index is 0.0359. The van der Waals surface area contributed by atoms with Gasteiger partial charge in [-0.25, -0.2) is 0 Å². The molecule has 1 atom stereocenters. The first-order chi connectivity index (χ1) is 5.13. The molecule has 3 aliphatic heterocycles. The topological polar surface area (TPSA) is 20.3 Å². The first kappa shape index (κ1) is 7.29. The van der Waals surface area contributed by atoms with Crippen LogP contribution in [0.1, 0.15) is 26.7 Å². The molecule has 0 aromatic carbocycles. The van der Waals surface area contributed by atoms with Gasteiger partial charge in [0.2, 0.25) is 0 Å². The largest absolute Gasteiger partial charge is 0.297 e. The summed E-state index contributed by atoms with van der Waals surface area (Å²) in [5.74, 6) is 0.468. The lowest BCUT2D eigenvalue weighted by molar-refractivity contribution is -0.144. The van der Waals surface area contributed by atoms with Gasteiger partial charge in [-0.3, -0.25) is 9.69 Å². The van der Waals surface area contributed by atoms with Crippen molar-refractivity contribution in [3.05, 3.63) is 0 Å². The highest BCUT2D eigenvalue weighted by Gasteiger charge is 2.46. The SMILES string of the molecule is CC1C(=O)C2(C)CCN1CC2. The highest BCUT2D eigenvalue weighted by Crippen LogP contribution is 2.39. The molecule has 3 rings (SSSR count). The highest BCUT2D eigenvalue weighted by atomic mass is 16.1. The number of rotatable bonds is 0. The van der Waals surface area contributed by atoms with Crippen LogP contribution in [-0.2, 0) is 4.79 Å². The molecule has 2 nitrogen and oxygen atoms in total. The molecule has 0 radical (unpaired) electrons. The van der Waals surface area contributed by atoms with E-state index in [-0.39, 0.29) is 11.5 Å². The van der Waals surface area contributed by atoms with Crippen LogP contribution < -0.4 is 0 Å². The first-order valence-corrected chi connectivity index (χ1v) is 4.42. The van der Waals surface area contributed by atoms with E-state index >= 15 is 0 Å². The van der Waals surface area contributed by atoms with Gasteiger partial charge in [-0.2, -0.15) is 0 Å². The zero-order valence-electron chi connectivity index (χ0n) is 7.26. The summed E-state index contributed by atoms with van der Waals surface area (Å²) in [6.07, 6.45) is 2.16. The van der Waals surface area contributed by atoms with Gasteiger partial charge in [-0.15, -0.1) is 0 Å². The summed E-state index contributed by atoms with van der Waals surface area (Å²) in [4.78, 5) is 14.0. The minimum Gasteiger partial charge on any atom is -0.297 e. The number of piperidine rings is 3. The lowest BCUT2D eigenvalue weighted by Gasteiger charge is -2.48. The molecule has 0 amide bonds. The van der Waals surface area contributed by atoms with E-state index in [0.29, 0.717) is 5.78 Å². The molecule has 0 aromatic rings. The van der Waals surface area contributed by atoms with Gasteiger partial charge in [0.1, 0.15) is 0 Å². The Labute approximate surface area is 67.6 Å². The highest BCUT2D eigenvalue weighted by molar-refractivity contribution is 5.90. The normalized spacial score (nSPS) is 49.8. The van der Waals surface area contributed by atoms with Crippen LogP contribution >= 0.6 is 0 Å². The Hall–Kier alpha value is -0.370. The predicted molar refractivity (Wildman–Crippen MR) is 43.4 cm³/mol. The van der Waals surface area contributed by atoms with E-state index in [4.69, 9.17) is 0 Å². The van der Waals surface area contributed by atoms with Gasteiger partial charge in [-0.05, 0) is 32.9 Å². The maximum Gasteiger partial charge on any atom is 0.155 e. The molecule has 0 N–H and O–H groups in total. The fourth-order valence-electron chi connectivity index (χ4n) is 2.32. The van der Waals surface area contributed by atoms with E-state index in [1.165, 1.54) is 0 Å². The number of Topliss-reactive ketones (excluding diaryl/α,β-unsaturated/α-hetero) is 1. The van der Waals surface area contributed by atoms with Crippen LogP contribution in [0.15, 0.2) is 0 Å². The van der Waals surface area contributed by atoms with Crippen LogP contribution in [0.4, 0.5) is 0 Å². The molecule has 0 aliphatic carbocycles. The smallest absolute Gasteiger partial charge is 0.155 e. The zero-order valence-corrected chi connectivity index (χ0v) is 7.26. The quantitative estimate of drug-likeness (QED) is 0.518. The lowest BCUT2D eigenvalue weighted by atomic mass is 9.70. The Morgan fingerprint density at radius 1 is 1.45 bits per heavy atom. The van der Waals surface area contributed by atoms with E-state index in [1.807, 2.05) is 6.92 Å². The summed E-state index contributed by atoms with van der Waals surface area (Å²) < 4.78 is 0. The molecule has 2 bridgehead atoms. The summed E-state index contributed by atoms with van der Waals surface area (Å²) in [5, 5.41) is 0. The van der Waals surface area contributed by atoms with Crippen LogP contribution in [0, 0.1) is 5.41 Å². The standard InChI is InChI=1S/C9H15NO/c1-7-8(11)9(2)3-5-10(7)6-4-9/h7H,3-6H2,1-2H3. The molecule has 0 saturated carbocycles. The van der Waals surface area contributed by atoms with Crippen molar-refractivity contribution in [1.29, 1.82) is 0 Å². The van der Waals surface area contributed by atoms with Crippen molar-refractivity contribution < 1.29 is 4.79 Å². The molecule has 11 heavy (non-hydrogen) atoms. The second kappa shape index (κ2) is 2.07. The first-order valence-electron chi connectivity index (χ1n) is 4.42. The number of ketones is 1. The summed E-state index contributed by atoms with van der Waals surface area (Å²) >= 11 is 0. The molecule has 0 spiro atoms. The predicted octanol–water partition coefficient (Wildman–Crippen LogP) is 1.06. The van der Waals surface area contributed by atoms with E-state index in [9.17, 15) is 4.79 Å². The Bertz CT molecular complexity index is 192. The molecule has 3 heterocycles. The molecular formula is C9H15NO. The monoisotopic (exact) mass is 153 g/mol. The molecule has 0 aromatic heterocycles. The van der Waals surface area contributed by atoms with Crippen molar-refractivity contribution in [3.8, 4) is 0 Å². The van der Waals surface area contributed by atoms with Gasteiger partial charge in [0.15, 0.2) is 5.78 Å². The van der Waals surface area contributed by atoms with Gasteiger partial charge >= 0.3 is 0 Å². The van der Waals surface area contributed by atoms with Gasteiger partial charge < -0.3 is 0 Å². The molecule has 3 saturated heterocycles. The molecule has 1 unspecified atom stereocenters. The fraction of sp³-hybridized carbons (Fsp3) is 0.889. The fourth-order valence-corrected chi connectivity index (χ4v) is 2.32. The summed E-state index contributed by atoms with van der Waals surface area (Å²) in [7, 11) is 0. The lowest BCUT2D eigenvalue weighted by Crippen LogP contribution is -2.58. The average Bonchev–Trinajstić information content (AvgIpc) is 2.01. The van der Waals surface area contributed by atoms with E-state index in [0.717, 1.165) is 25.9 Å². The number of carbonyl (C=O) groups excluding carboxylic acids is 1. The van der Waals surface area contributed by atoms with Crippen molar-refractivity contribution in [2.45, 2.75) is 32.7 Å². The van der Waals surface area contributed by atoms with Gasteiger partial charge in [-0.1, -0.05) is 6.92 Å². The Kier molecular flexibility index (Phi) is 1.37. The molecule has 62 valence electrons. The number of carbonyl (C=O) groups is 1. The van der Waals surface area contributed by atoms with Crippen molar-refractivity contribution in [3.63, 3.8) is 0 Å². The second-order valence-corrected chi connectivity index (χ2v) is 4.14. The number of hydrogen-bond acceptors (Lipinski definition) is 2. The summed E-state index contributed by atoms with van der Waals surface area (Å²) in [6.45, 7) is 6.42. The average molecular weight is 153 g/mol. The van der Waals surface area contributed by atoms with Crippen LogP contribution in [0.3, 0.4) is 0 Å². The third-order valence-corrected chi connectivity index (χ3v) is 3.42. The van der Waals surface area contributed by atoms with E-state index in [2.05, 4.69) is 11.8 Å². The number of fused-ring (bicyclic) bond motifs is 3. The van der Waals surface area contributed by atoms with E-state index < -0.39 is 0 Å². The Morgan fingerprint density at radius 3 is 2.36 bits per heavy atom. The van der Waals surface area contributed by atoms with Crippen molar-refractivity contribution in [2.24, 2.45) is 5.41 Å². The van der Waals surface area contributed by atoms with Crippen molar-refractivity contribution in [2.75, 3.05) is 13.1 Å². The molecule has 2 heteroatoms. The zero-order chi connectivity index (χ0) is 8.06. The molecule has 3 fully saturated rings. The van der Waals surface area contributed by atoms with Crippen molar-refractivity contribution >= 4 is 5.78 Å². The van der Waals surface area contributed by atoms with Crippen molar-refractivity contribution in [1.82, 2.24) is 4.90 Å². The maximum absolute atomic E-state index is 11.7. The Morgan fingerprint density at radius 2 is 2.00 bits per heavy atom. The molecule has 3 aliphatic rings. The number of nitrogens with zero attached hydrogens (tertiary/aromatic N) is 1. The number of hydrogen-bond donors (Lipinski definition) is 0. The van der Waals surface area contributed by atoms with Crippen LogP contribution in [0.25, 0.3) is 0 Å². The summed E-state index contributed by atoms with van der Waals surface area (Å²) in [6, 6.07) is 0.197. The maximum atomic E-state index is 11.7.